The molecule has 1 saturated heterocycles. The van der Waals surface area contributed by atoms with Crippen molar-refractivity contribution in [2.75, 3.05) is 32.7 Å². The molecule has 0 amide bonds. The summed E-state index contributed by atoms with van der Waals surface area (Å²) in [7, 11) is 0. The van der Waals surface area contributed by atoms with Crippen LogP contribution in [0.15, 0.2) is 96.6 Å². The number of Topliss-reactive ketones (excluding diaryl/α,β-unsaturated/α-hetero) is 1. The van der Waals surface area contributed by atoms with Crippen LogP contribution in [0, 0.1) is 39.3 Å². The second-order valence-electron chi connectivity index (χ2n) is 18.3. The minimum absolute atomic E-state index is 0.0434. The Labute approximate surface area is 335 Å². The van der Waals surface area contributed by atoms with Gasteiger partial charge in [0.2, 0.25) is 0 Å². The number of carbonyl (C=O) groups excluding carboxylic acids is 1. The lowest BCUT2D eigenvalue weighted by Gasteiger charge is -2.71. The third-order valence-corrected chi connectivity index (χ3v) is 16.6. The molecule has 2 unspecified atom stereocenters. The van der Waals surface area contributed by atoms with Gasteiger partial charge in [-0.15, -0.1) is 0 Å². The Morgan fingerprint density at radius 3 is 2.24 bits per heavy atom. The molecule has 10 rings (SSSR count). The van der Waals surface area contributed by atoms with Gasteiger partial charge in [-0.25, -0.2) is 4.39 Å². The number of β-amino-alcohol motifs (C(OH)–C–C–N with tert-alkyl or cyclic N) is 1. The summed E-state index contributed by atoms with van der Waals surface area (Å²) in [6.07, 6.45) is 11.8. The van der Waals surface area contributed by atoms with Gasteiger partial charge in [0, 0.05) is 76.6 Å². The number of aliphatic hydroxyl groups is 2. The first-order chi connectivity index (χ1) is 26.3. The van der Waals surface area contributed by atoms with Gasteiger partial charge in [-0.1, -0.05) is 104 Å². The molecule has 1 heterocycles. The van der Waals surface area contributed by atoms with E-state index in [4.69, 9.17) is 23.2 Å². The first-order valence-corrected chi connectivity index (χ1v) is 21.2. The number of ketones is 1. The van der Waals surface area contributed by atoms with Crippen molar-refractivity contribution >= 4 is 29.0 Å². The minimum atomic E-state index is -0.930. The van der Waals surface area contributed by atoms with E-state index in [0.29, 0.717) is 19.4 Å². The predicted molar refractivity (Wildman–Crippen MR) is 216 cm³/mol. The summed E-state index contributed by atoms with van der Waals surface area (Å²) in [5.41, 5.74) is 0.971. The van der Waals surface area contributed by atoms with Crippen molar-refractivity contribution < 1.29 is 19.4 Å². The van der Waals surface area contributed by atoms with E-state index in [2.05, 4.69) is 84.3 Å². The van der Waals surface area contributed by atoms with Crippen molar-refractivity contribution in [1.29, 1.82) is 0 Å². The van der Waals surface area contributed by atoms with E-state index < -0.39 is 33.8 Å². The Morgan fingerprint density at radius 1 is 0.836 bits per heavy atom. The number of piperazine rings is 1. The molecule has 7 aliphatic rings. The molecule has 1 aliphatic heterocycles. The minimum Gasteiger partial charge on any atom is -0.393 e. The van der Waals surface area contributed by atoms with E-state index in [1.807, 2.05) is 12.1 Å². The molecule has 2 bridgehead atoms. The molecule has 2 spiro atoms. The normalized spacial score (nSPS) is 37.5. The summed E-state index contributed by atoms with van der Waals surface area (Å²) < 4.78 is 15.2. The second-order valence-corrected chi connectivity index (χ2v) is 19.1. The zero-order valence-corrected chi connectivity index (χ0v) is 33.5. The Kier molecular flexibility index (Phi) is 9.35. The van der Waals surface area contributed by atoms with Crippen LogP contribution in [0.4, 0.5) is 4.39 Å². The molecule has 2 N–H and O–H groups in total. The summed E-state index contributed by atoms with van der Waals surface area (Å²) in [4.78, 5) is 19.8. The lowest BCUT2D eigenvalue weighted by molar-refractivity contribution is -0.180. The van der Waals surface area contributed by atoms with Gasteiger partial charge in [0.25, 0.3) is 0 Å². The molecule has 4 fully saturated rings. The number of halogens is 3. The number of hydrogen-bond donors (Lipinski definition) is 2. The molecule has 3 aromatic carbocycles. The van der Waals surface area contributed by atoms with Crippen LogP contribution in [0.1, 0.15) is 81.5 Å². The van der Waals surface area contributed by atoms with E-state index >= 15 is 4.39 Å². The van der Waals surface area contributed by atoms with Crippen molar-refractivity contribution in [1.82, 2.24) is 9.80 Å². The van der Waals surface area contributed by atoms with Crippen LogP contribution < -0.4 is 0 Å². The smallest absolute Gasteiger partial charge is 0.164 e. The van der Waals surface area contributed by atoms with E-state index in [9.17, 15) is 15.0 Å². The maximum absolute atomic E-state index is 15.2. The van der Waals surface area contributed by atoms with Crippen LogP contribution >= 0.6 is 23.2 Å². The lowest BCUT2D eigenvalue weighted by atomic mass is 9.32. The largest absolute Gasteiger partial charge is 0.393 e. The molecule has 6 aliphatic carbocycles. The number of aliphatic hydroxyl groups excluding tert-OH is 1. The van der Waals surface area contributed by atoms with E-state index in [1.54, 1.807) is 12.1 Å². The number of benzene rings is 3. The monoisotopic (exact) mass is 782 g/mol. The van der Waals surface area contributed by atoms with Gasteiger partial charge in [0.05, 0.1) is 17.7 Å². The van der Waals surface area contributed by atoms with Gasteiger partial charge in [-0.3, -0.25) is 14.6 Å². The molecule has 55 heavy (non-hydrogen) atoms. The highest BCUT2D eigenvalue weighted by Gasteiger charge is 2.74. The number of hydrogen-bond acceptors (Lipinski definition) is 5. The summed E-state index contributed by atoms with van der Waals surface area (Å²) in [6, 6.07) is 23.6. The van der Waals surface area contributed by atoms with Crippen molar-refractivity contribution in [2.24, 2.45) is 33.5 Å². The maximum atomic E-state index is 15.2. The molecule has 290 valence electrons. The zero-order chi connectivity index (χ0) is 38.4. The molecule has 3 aromatic rings. The van der Waals surface area contributed by atoms with Crippen molar-refractivity contribution in [3.8, 4) is 0 Å². The second kappa shape index (κ2) is 13.6. The summed E-state index contributed by atoms with van der Waals surface area (Å²) in [6.45, 7) is 8.74. The van der Waals surface area contributed by atoms with Gasteiger partial charge in [-0.05, 0) is 97.6 Å². The summed E-state index contributed by atoms with van der Waals surface area (Å²) in [5, 5.41) is 25.1. The molecule has 9 atom stereocenters. The van der Waals surface area contributed by atoms with E-state index in [-0.39, 0.29) is 46.1 Å². The fourth-order valence-electron chi connectivity index (χ4n) is 13.1. The quantitative estimate of drug-likeness (QED) is 0.223. The number of fused-ring (bicyclic) bond motifs is 1. The van der Waals surface area contributed by atoms with E-state index in [0.717, 1.165) is 68.9 Å². The van der Waals surface area contributed by atoms with Crippen molar-refractivity contribution in [2.45, 2.75) is 83.0 Å². The Hall–Kier alpha value is -2.84. The van der Waals surface area contributed by atoms with E-state index in [1.165, 1.54) is 17.2 Å². The molecular weight excluding hydrogens is 730 g/mol. The van der Waals surface area contributed by atoms with Crippen LogP contribution in [0.5, 0.6) is 0 Å². The highest BCUT2D eigenvalue weighted by molar-refractivity contribution is 6.31. The van der Waals surface area contributed by atoms with Crippen molar-refractivity contribution in [3.05, 3.63) is 129 Å². The Balaban J connectivity index is 1.01. The van der Waals surface area contributed by atoms with Gasteiger partial charge in [0.15, 0.2) is 5.78 Å². The number of rotatable bonds is 8. The predicted octanol–water partition coefficient (Wildman–Crippen LogP) is 9.24. The first-order valence-electron chi connectivity index (χ1n) is 20.4. The van der Waals surface area contributed by atoms with Gasteiger partial charge in [-0.2, -0.15) is 0 Å². The van der Waals surface area contributed by atoms with Crippen LogP contribution in [0.25, 0.3) is 0 Å². The number of allylic oxidation sites excluding steroid dienone is 4. The van der Waals surface area contributed by atoms with Crippen LogP contribution in [-0.2, 0) is 11.2 Å². The molecule has 5 nitrogen and oxygen atoms in total. The average molecular weight is 784 g/mol. The van der Waals surface area contributed by atoms with Gasteiger partial charge < -0.3 is 10.2 Å². The molecule has 8 heteroatoms. The summed E-state index contributed by atoms with van der Waals surface area (Å²) in [5.74, 6) is -0.325. The topological polar surface area (TPSA) is 64.0 Å². The molecule has 0 radical (unpaired) electrons. The Bertz CT molecular complexity index is 2010. The Morgan fingerprint density at radius 2 is 1.51 bits per heavy atom. The fourth-order valence-corrected chi connectivity index (χ4v) is 13.4. The molecule has 0 aromatic heterocycles. The van der Waals surface area contributed by atoms with Crippen LogP contribution in [0.2, 0.25) is 10.0 Å². The fraction of sp³-hybridized carbons (Fsp3) is 0.511. The van der Waals surface area contributed by atoms with Gasteiger partial charge >= 0.3 is 0 Å². The zero-order valence-electron chi connectivity index (χ0n) is 32.0. The maximum Gasteiger partial charge on any atom is 0.164 e. The number of nitrogens with zero attached hydrogens (tertiary/aromatic N) is 2. The molecule has 3 saturated carbocycles. The third kappa shape index (κ3) is 5.71. The molecular formula is C47H53Cl2FN2O3. The van der Waals surface area contributed by atoms with Gasteiger partial charge in [0.1, 0.15) is 5.82 Å². The third-order valence-electron chi connectivity index (χ3n) is 16.0. The average Bonchev–Trinajstić information content (AvgIpc) is 3.44. The van der Waals surface area contributed by atoms with Crippen LogP contribution in [-0.4, -0.2) is 70.2 Å². The SMILES string of the molecule is C[C@]12CC[C@H]3[C@]4(C=C[C@@]5(C=C4C(=O)Cc4c(F)cccc4Cl)CC(O)CC[C@]35C)[C@@H]1CC[C@@]2(O)CN1CCN(C(c2ccccc2)c2ccc(Cl)cc2)CC1. The highest BCUT2D eigenvalue weighted by Crippen LogP contribution is 2.78. The van der Waals surface area contributed by atoms with Crippen LogP contribution in [0.3, 0.4) is 0 Å². The number of carbonyl (C=O) groups is 1. The standard InChI is InChI=1S/C47H53Cl2FN2O3/c1-43-18-15-34(53)28-45(43)21-22-47(36(29-45)39(54)27-35-37(49)9-6-10-38(35)50)40(43)16-19-44(2)41(47)17-20-46(44,55)30-51-23-25-52(26-24-51)42(31-7-4-3-5-8-31)32-11-13-33(48)14-12-32/h3-14,21-22,29,34,40-42,53,55H,15-20,23-28,30H2,1-2H3/t34?,40-,41-,42?,43-,44+,45+,46-,47-/m1/s1. The summed E-state index contributed by atoms with van der Waals surface area (Å²) >= 11 is 12.8. The lowest BCUT2D eigenvalue weighted by Crippen LogP contribution is -2.67. The van der Waals surface area contributed by atoms with Crippen molar-refractivity contribution in [3.63, 3.8) is 0 Å². The first kappa shape index (κ1) is 37.7. The highest BCUT2D eigenvalue weighted by atomic mass is 35.5.